The zero-order valence-corrected chi connectivity index (χ0v) is 13.0. The summed E-state index contributed by atoms with van der Waals surface area (Å²) in [5.74, 6) is 0. The molecular formula is C20H22N2. The van der Waals surface area contributed by atoms with Crippen LogP contribution in [0.2, 0.25) is 0 Å². The molecule has 2 heteroatoms. The van der Waals surface area contributed by atoms with Crippen LogP contribution in [0.5, 0.6) is 0 Å². The molecule has 22 heavy (non-hydrogen) atoms. The van der Waals surface area contributed by atoms with E-state index >= 15 is 0 Å². The van der Waals surface area contributed by atoms with E-state index in [1.807, 2.05) is 0 Å². The van der Waals surface area contributed by atoms with Crippen molar-refractivity contribution in [3.8, 4) is 22.4 Å². The van der Waals surface area contributed by atoms with Gasteiger partial charge in [0.2, 0.25) is 0 Å². The summed E-state index contributed by atoms with van der Waals surface area (Å²) in [7, 11) is 0. The molecule has 2 nitrogen and oxygen atoms in total. The molecule has 0 spiro atoms. The molecule has 0 aliphatic carbocycles. The van der Waals surface area contributed by atoms with Crippen molar-refractivity contribution in [3.63, 3.8) is 0 Å². The summed E-state index contributed by atoms with van der Waals surface area (Å²) in [4.78, 5) is 0. The van der Waals surface area contributed by atoms with E-state index < -0.39 is 0 Å². The van der Waals surface area contributed by atoms with Gasteiger partial charge in [-0.05, 0) is 37.1 Å². The van der Waals surface area contributed by atoms with Crippen LogP contribution in [0.25, 0.3) is 22.4 Å². The highest BCUT2D eigenvalue weighted by Crippen LogP contribution is 2.35. The number of aryl methyl sites for hydroxylation is 1. The Balaban J connectivity index is 2.18. The Hall–Kier alpha value is -2.32. The van der Waals surface area contributed by atoms with E-state index in [1.54, 1.807) is 0 Å². The van der Waals surface area contributed by atoms with Gasteiger partial charge in [-0.2, -0.15) is 0 Å². The third-order valence-electron chi connectivity index (χ3n) is 4.02. The molecule has 0 radical (unpaired) electrons. The Morgan fingerprint density at radius 3 is 2.05 bits per heavy atom. The van der Waals surface area contributed by atoms with E-state index in [-0.39, 0.29) is 0 Å². The summed E-state index contributed by atoms with van der Waals surface area (Å²) in [5, 5.41) is 0. The molecule has 112 valence electrons. The Labute approximate surface area is 132 Å². The lowest BCUT2D eigenvalue weighted by molar-refractivity contribution is 0.645. The molecule has 0 atom stereocenters. The number of nitrogens with zero attached hydrogens (tertiary/aromatic N) is 1. The van der Waals surface area contributed by atoms with Gasteiger partial charge in [0.15, 0.2) is 0 Å². The fourth-order valence-corrected chi connectivity index (χ4v) is 2.96. The van der Waals surface area contributed by atoms with E-state index in [2.05, 4.69) is 78.2 Å². The quantitative estimate of drug-likeness (QED) is 0.738. The van der Waals surface area contributed by atoms with E-state index in [0.717, 1.165) is 13.0 Å². The van der Waals surface area contributed by atoms with Gasteiger partial charge in [-0.25, -0.2) is 0 Å². The van der Waals surface area contributed by atoms with Crippen molar-refractivity contribution in [1.82, 2.24) is 4.57 Å². The van der Waals surface area contributed by atoms with Gasteiger partial charge >= 0.3 is 0 Å². The van der Waals surface area contributed by atoms with Crippen molar-refractivity contribution in [2.45, 2.75) is 19.9 Å². The van der Waals surface area contributed by atoms with Gasteiger partial charge in [0, 0.05) is 17.8 Å². The van der Waals surface area contributed by atoms with Crippen LogP contribution in [0.15, 0.2) is 66.7 Å². The van der Waals surface area contributed by atoms with Crippen LogP contribution in [0.1, 0.15) is 12.1 Å². The van der Waals surface area contributed by atoms with Gasteiger partial charge < -0.3 is 10.3 Å². The van der Waals surface area contributed by atoms with E-state index in [0.29, 0.717) is 6.54 Å². The van der Waals surface area contributed by atoms with Crippen LogP contribution < -0.4 is 5.73 Å². The van der Waals surface area contributed by atoms with Gasteiger partial charge in [-0.15, -0.1) is 0 Å². The van der Waals surface area contributed by atoms with Crippen LogP contribution in [0.4, 0.5) is 0 Å². The third-order valence-corrected chi connectivity index (χ3v) is 4.02. The van der Waals surface area contributed by atoms with E-state index in [4.69, 9.17) is 5.73 Å². The number of hydrogen-bond donors (Lipinski definition) is 1. The molecule has 3 aromatic rings. The molecule has 0 aliphatic heterocycles. The van der Waals surface area contributed by atoms with Gasteiger partial charge in [-0.1, -0.05) is 60.7 Å². The molecule has 1 heterocycles. The van der Waals surface area contributed by atoms with Gasteiger partial charge in [0.25, 0.3) is 0 Å². The monoisotopic (exact) mass is 290 g/mol. The first-order valence-corrected chi connectivity index (χ1v) is 7.82. The Morgan fingerprint density at radius 1 is 0.864 bits per heavy atom. The number of rotatable bonds is 5. The molecule has 0 unspecified atom stereocenters. The molecule has 1 aromatic heterocycles. The van der Waals surface area contributed by atoms with Crippen LogP contribution in [0, 0.1) is 6.92 Å². The third kappa shape index (κ3) is 2.83. The summed E-state index contributed by atoms with van der Waals surface area (Å²) in [6.07, 6.45) is 0.990. The average molecular weight is 290 g/mol. The highest BCUT2D eigenvalue weighted by atomic mass is 15.0. The number of hydrogen-bond acceptors (Lipinski definition) is 1. The fraction of sp³-hybridized carbons (Fsp3) is 0.200. The zero-order chi connectivity index (χ0) is 15.4. The highest BCUT2D eigenvalue weighted by Gasteiger charge is 2.15. The molecule has 0 aliphatic rings. The van der Waals surface area contributed by atoms with Gasteiger partial charge in [0.05, 0.1) is 5.69 Å². The first-order valence-electron chi connectivity index (χ1n) is 7.82. The molecule has 2 N–H and O–H groups in total. The van der Waals surface area contributed by atoms with Crippen LogP contribution in [-0.2, 0) is 6.54 Å². The maximum Gasteiger partial charge on any atom is 0.0562 e. The SMILES string of the molecule is Cc1cc(-c2ccccc2)c(-c2ccccc2)n1CCCN. The largest absolute Gasteiger partial charge is 0.344 e. The average Bonchev–Trinajstić information content (AvgIpc) is 2.91. The standard InChI is InChI=1S/C20H22N2/c1-16-15-19(17-9-4-2-5-10-17)20(22(16)14-8-13-21)18-11-6-3-7-12-18/h2-7,9-12,15H,8,13-14,21H2,1H3. The smallest absolute Gasteiger partial charge is 0.0562 e. The minimum absolute atomic E-state index is 0.715. The molecule has 0 amide bonds. The molecule has 3 rings (SSSR count). The zero-order valence-electron chi connectivity index (χ0n) is 13.0. The number of aromatic nitrogens is 1. The predicted octanol–water partition coefficient (Wildman–Crippen LogP) is 4.48. The van der Waals surface area contributed by atoms with Crippen molar-refractivity contribution < 1.29 is 0 Å². The lowest BCUT2D eigenvalue weighted by atomic mass is 10.0. The van der Waals surface area contributed by atoms with Crippen LogP contribution in [0.3, 0.4) is 0 Å². The van der Waals surface area contributed by atoms with Crippen molar-refractivity contribution in [2.75, 3.05) is 6.54 Å². The van der Waals surface area contributed by atoms with Crippen LogP contribution in [-0.4, -0.2) is 11.1 Å². The fourth-order valence-electron chi connectivity index (χ4n) is 2.96. The second kappa shape index (κ2) is 6.63. The number of benzene rings is 2. The summed E-state index contributed by atoms with van der Waals surface area (Å²) in [5.41, 5.74) is 12.1. The second-order valence-corrected chi connectivity index (χ2v) is 5.57. The molecule has 0 fully saturated rings. The molecular weight excluding hydrogens is 268 g/mol. The second-order valence-electron chi connectivity index (χ2n) is 5.57. The van der Waals surface area contributed by atoms with E-state index in [1.165, 1.54) is 28.1 Å². The summed E-state index contributed by atoms with van der Waals surface area (Å²) in [6.45, 7) is 3.85. The van der Waals surface area contributed by atoms with Crippen molar-refractivity contribution in [1.29, 1.82) is 0 Å². The molecule has 0 saturated carbocycles. The maximum absolute atomic E-state index is 5.72. The normalized spacial score (nSPS) is 10.8. The van der Waals surface area contributed by atoms with Crippen LogP contribution >= 0.6 is 0 Å². The molecule has 0 bridgehead atoms. The topological polar surface area (TPSA) is 30.9 Å². The molecule has 0 saturated heterocycles. The first kappa shape index (κ1) is 14.6. The van der Waals surface area contributed by atoms with Gasteiger partial charge in [0.1, 0.15) is 0 Å². The summed E-state index contributed by atoms with van der Waals surface area (Å²) >= 11 is 0. The lowest BCUT2D eigenvalue weighted by Gasteiger charge is -2.13. The maximum atomic E-state index is 5.72. The van der Waals surface area contributed by atoms with Crippen molar-refractivity contribution >= 4 is 0 Å². The summed E-state index contributed by atoms with van der Waals surface area (Å²) in [6, 6.07) is 23.5. The minimum atomic E-state index is 0.715. The predicted molar refractivity (Wildman–Crippen MR) is 93.7 cm³/mol. The summed E-state index contributed by atoms with van der Waals surface area (Å²) < 4.78 is 2.39. The Bertz CT molecular complexity index is 727. The van der Waals surface area contributed by atoms with E-state index in [9.17, 15) is 0 Å². The Morgan fingerprint density at radius 2 is 1.45 bits per heavy atom. The van der Waals surface area contributed by atoms with Crippen molar-refractivity contribution in [3.05, 3.63) is 72.4 Å². The van der Waals surface area contributed by atoms with Crippen molar-refractivity contribution in [2.24, 2.45) is 5.73 Å². The van der Waals surface area contributed by atoms with Gasteiger partial charge in [-0.3, -0.25) is 0 Å². The Kier molecular flexibility index (Phi) is 4.40. The molecule has 2 aromatic carbocycles. The number of nitrogens with two attached hydrogens (primary N) is 1. The highest BCUT2D eigenvalue weighted by molar-refractivity contribution is 5.82. The lowest BCUT2D eigenvalue weighted by Crippen LogP contribution is -2.08. The first-order chi connectivity index (χ1) is 10.8. The minimum Gasteiger partial charge on any atom is -0.344 e.